The van der Waals surface area contributed by atoms with Crippen LogP contribution in [0.15, 0.2) is 47.5 Å². The van der Waals surface area contributed by atoms with Crippen molar-refractivity contribution >= 4 is 11.6 Å². The third kappa shape index (κ3) is 2.83. The molecule has 2 aromatic carbocycles. The first-order chi connectivity index (χ1) is 11.3. The van der Waals surface area contributed by atoms with Gasteiger partial charge in [0.25, 0.3) is 0 Å². The molecule has 2 aliphatic rings. The number of rotatable bonds is 3. The van der Waals surface area contributed by atoms with E-state index in [0.717, 1.165) is 25.1 Å². The summed E-state index contributed by atoms with van der Waals surface area (Å²) in [5.74, 6) is 1.06. The highest BCUT2D eigenvalue weighted by Crippen LogP contribution is 2.34. The number of hydrogen-bond donors (Lipinski definition) is 2. The molecule has 1 unspecified atom stereocenters. The average Bonchev–Trinajstić information content (AvgIpc) is 2.56. The first-order valence-electron chi connectivity index (χ1n) is 8.57. The Labute approximate surface area is 137 Å². The molecule has 0 aliphatic heterocycles. The van der Waals surface area contributed by atoms with Gasteiger partial charge in [0, 0.05) is 18.2 Å². The predicted molar refractivity (Wildman–Crippen MR) is 96.1 cm³/mol. The van der Waals surface area contributed by atoms with Crippen LogP contribution in [0.4, 0.5) is 5.69 Å². The molecule has 23 heavy (non-hydrogen) atoms. The van der Waals surface area contributed by atoms with Crippen molar-refractivity contribution in [1.29, 1.82) is 0 Å². The van der Waals surface area contributed by atoms with Gasteiger partial charge in [-0.15, -0.1) is 0 Å². The third-order valence-electron chi connectivity index (χ3n) is 5.10. The molecule has 1 atom stereocenters. The number of nitrogens with one attached hydrogen (secondary N) is 1. The summed E-state index contributed by atoms with van der Waals surface area (Å²) < 4.78 is 0. The standard InChI is InChI=1S/C20H23N3/c21-20(22-13-16-12-15-7-2-3-9-17(15)16)23-19-11-5-8-14-6-1-4-10-18(14)19/h2-3,5,7-9,11,16H,1,4,6,10,12-13H2,(H3,21,22,23). The maximum absolute atomic E-state index is 6.12. The Kier molecular flexibility index (Phi) is 3.78. The van der Waals surface area contributed by atoms with Gasteiger partial charge in [-0.1, -0.05) is 36.4 Å². The number of hydrogen-bond acceptors (Lipinski definition) is 1. The topological polar surface area (TPSA) is 50.4 Å². The van der Waals surface area contributed by atoms with Crippen molar-refractivity contribution < 1.29 is 0 Å². The smallest absolute Gasteiger partial charge is 0.193 e. The number of benzene rings is 2. The molecule has 0 spiro atoms. The van der Waals surface area contributed by atoms with Crippen LogP contribution >= 0.6 is 0 Å². The highest BCUT2D eigenvalue weighted by Gasteiger charge is 2.24. The summed E-state index contributed by atoms with van der Waals surface area (Å²) in [5, 5.41) is 3.33. The van der Waals surface area contributed by atoms with E-state index in [1.165, 1.54) is 41.5 Å². The van der Waals surface area contributed by atoms with Crippen molar-refractivity contribution in [2.24, 2.45) is 10.7 Å². The van der Waals surface area contributed by atoms with E-state index in [-0.39, 0.29) is 0 Å². The highest BCUT2D eigenvalue weighted by molar-refractivity contribution is 5.93. The van der Waals surface area contributed by atoms with Crippen molar-refractivity contribution in [3.8, 4) is 0 Å². The lowest BCUT2D eigenvalue weighted by Crippen LogP contribution is -2.26. The summed E-state index contributed by atoms with van der Waals surface area (Å²) >= 11 is 0. The summed E-state index contributed by atoms with van der Waals surface area (Å²) in [6.45, 7) is 0.769. The Hall–Kier alpha value is -2.29. The fourth-order valence-corrected chi connectivity index (χ4v) is 3.81. The first kappa shape index (κ1) is 14.3. The van der Waals surface area contributed by atoms with Crippen molar-refractivity contribution in [2.75, 3.05) is 11.9 Å². The molecule has 3 heteroatoms. The SMILES string of the molecule is NC(=NCC1Cc2ccccc21)Nc1cccc2c1CCCC2. The number of aryl methyl sites for hydroxylation is 1. The summed E-state index contributed by atoms with van der Waals surface area (Å²) in [6.07, 6.45) is 6.00. The van der Waals surface area contributed by atoms with Gasteiger partial charge < -0.3 is 11.1 Å². The van der Waals surface area contributed by atoms with Crippen LogP contribution in [0.25, 0.3) is 0 Å². The molecule has 0 radical (unpaired) electrons. The summed E-state index contributed by atoms with van der Waals surface area (Å²) in [4.78, 5) is 4.57. The van der Waals surface area contributed by atoms with Gasteiger partial charge >= 0.3 is 0 Å². The average molecular weight is 305 g/mol. The number of guanidine groups is 1. The van der Waals surface area contributed by atoms with Gasteiger partial charge in [0.2, 0.25) is 0 Å². The van der Waals surface area contributed by atoms with Crippen LogP contribution in [0.1, 0.15) is 41.0 Å². The minimum Gasteiger partial charge on any atom is -0.370 e. The quantitative estimate of drug-likeness (QED) is 0.672. The lowest BCUT2D eigenvalue weighted by atomic mass is 9.78. The Bertz CT molecular complexity index is 748. The number of nitrogens with zero attached hydrogens (tertiary/aromatic N) is 1. The molecular formula is C20H23N3. The molecule has 0 fully saturated rings. The number of nitrogens with two attached hydrogens (primary N) is 1. The van der Waals surface area contributed by atoms with E-state index in [1.807, 2.05) is 0 Å². The third-order valence-corrected chi connectivity index (χ3v) is 5.10. The van der Waals surface area contributed by atoms with E-state index in [0.29, 0.717) is 11.9 Å². The highest BCUT2D eigenvalue weighted by atomic mass is 15.1. The van der Waals surface area contributed by atoms with Crippen LogP contribution in [0.3, 0.4) is 0 Å². The van der Waals surface area contributed by atoms with Gasteiger partial charge in [-0.25, -0.2) is 0 Å². The summed E-state index contributed by atoms with van der Waals surface area (Å²) in [7, 11) is 0. The molecule has 0 bridgehead atoms. The maximum Gasteiger partial charge on any atom is 0.193 e. The van der Waals surface area contributed by atoms with Gasteiger partial charge in [0.05, 0.1) is 0 Å². The second-order valence-electron chi connectivity index (χ2n) is 6.60. The van der Waals surface area contributed by atoms with Crippen LogP contribution in [0.5, 0.6) is 0 Å². The molecule has 2 aliphatic carbocycles. The van der Waals surface area contributed by atoms with Crippen LogP contribution in [-0.4, -0.2) is 12.5 Å². The fourth-order valence-electron chi connectivity index (χ4n) is 3.81. The van der Waals surface area contributed by atoms with Gasteiger partial charge in [0.1, 0.15) is 0 Å². The number of fused-ring (bicyclic) bond motifs is 2. The molecule has 118 valence electrons. The van der Waals surface area contributed by atoms with Crippen molar-refractivity contribution in [3.05, 3.63) is 64.7 Å². The van der Waals surface area contributed by atoms with Gasteiger partial charge in [0.15, 0.2) is 5.96 Å². The van der Waals surface area contributed by atoms with Crippen LogP contribution < -0.4 is 11.1 Å². The van der Waals surface area contributed by atoms with Crippen LogP contribution in [0.2, 0.25) is 0 Å². The van der Waals surface area contributed by atoms with E-state index in [9.17, 15) is 0 Å². The van der Waals surface area contributed by atoms with Gasteiger partial charge in [-0.05, 0) is 60.4 Å². The molecule has 0 heterocycles. The molecule has 3 nitrogen and oxygen atoms in total. The van der Waals surface area contributed by atoms with Gasteiger partial charge in [-0.3, -0.25) is 4.99 Å². The van der Waals surface area contributed by atoms with Crippen LogP contribution in [0, 0.1) is 0 Å². The van der Waals surface area contributed by atoms with E-state index in [1.54, 1.807) is 0 Å². The number of anilines is 1. The molecule has 0 saturated carbocycles. The summed E-state index contributed by atoms with van der Waals surface area (Å²) in [6, 6.07) is 15.1. The summed E-state index contributed by atoms with van der Waals surface area (Å²) in [5.41, 5.74) is 13.0. The second kappa shape index (κ2) is 6.07. The zero-order chi connectivity index (χ0) is 15.6. The van der Waals surface area contributed by atoms with Crippen molar-refractivity contribution in [1.82, 2.24) is 0 Å². The molecule has 0 saturated heterocycles. The molecule has 0 amide bonds. The molecular weight excluding hydrogens is 282 g/mol. The second-order valence-corrected chi connectivity index (χ2v) is 6.60. The predicted octanol–water partition coefficient (Wildman–Crippen LogP) is 3.63. The Balaban J connectivity index is 1.44. The monoisotopic (exact) mass is 305 g/mol. The minimum atomic E-state index is 0.524. The van der Waals surface area contributed by atoms with E-state index >= 15 is 0 Å². The first-order valence-corrected chi connectivity index (χ1v) is 8.57. The lowest BCUT2D eigenvalue weighted by Gasteiger charge is -2.28. The molecule has 2 aromatic rings. The lowest BCUT2D eigenvalue weighted by molar-refractivity contribution is 0.619. The largest absolute Gasteiger partial charge is 0.370 e. The maximum atomic E-state index is 6.12. The Morgan fingerprint density at radius 1 is 1.04 bits per heavy atom. The van der Waals surface area contributed by atoms with Crippen molar-refractivity contribution in [3.63, 3.8) is 0 Å². The van der Waals surface area contributed by atoms with Crippen LogP contribution in [-0.2, 0) is 19.3 Å². The van der Waals surface area contributed by atoms with Gasteiger partial charge in [-0.2, -0.15) is 0 Å². The van der Waals surface area contributed by atoms with E-state index in [2.05, 4.69) is 52.8 Å². The van der Waals surface area contributed by atoms with E-state index in [4.69, 9.17) is 5.73 Å². The Morgan fingerprint density at radius 2 is 1.87 bits per heavy atom. The fraction of sp³-hybridized carbons (Fsp3) is 0.350. The number of aliphatic imine (C=N–C) groups is 1. The zero-order valence-corrected chi connectivity index (χ0v) is 13.4. The van der Waals surface area contributed by atoms with Crippen molar-refractivity contribution in [2.45, 2.75) is 38.0 Å². The molecule has 3 N–H and O–H groups in total. The van der Waals surface area contributed by atoms with E-state index < -0.39 is 0 Å². The normalized spacial score (nSPS) is 19.5. The Morgan fingerprint density at radius 3 is 2.78 bits per heavy atom. The molecule has 0 aromatic heterocycles. The minimum absolute atomic E-state index is 0.524. The molecule has 4 rings (SSSR count). The zero-order valence-electron chi connectivity index (χ0n) is 13.4.